The van der Waals surface area contributed by atoms with Crippen LogP contribution >= 0.6 is 11.6 Å². The summed E-state index contributed by atoms with van der Waals surface area (Å²) in [6, 6.07) is 9.22. The van der Waals surface area contributed by atoms with Gasteiger partial charge in [-0.05, 0) is 76.6 Å². The van der Waals surface area contributed by atoms with E-state index in [2.05, 4.69) is 17.2 Å². The molecule has 0 saturated heterocycles. The molecule has 0 heterocycles. The van der Waals surface area contributed by atoms with E-state index in [1.54, 1.807) is 32.9 Å². The molecular formula is C31H42ClN3O4. The quantitative estimate of drug-likeness (QED) is 0.312. The van der Waals surface area contributed by atoms with Crippen LogP contribution in [0, 0.1) is 26.7 Å². The highest BCUT2D eigenvalue weighted by Crippen LogP contribution is 2.31. The Labute approximate surface area is 237 Å². The van der Waals surface area contributed by atoms with Crippen molar-refractivity contribution in [3.63, 3.8) is 0 Å². The third-order valence-corrected chi connectivity index (χ3v) is 6.38. The number of hydrogen-bond donors (Lipinski definition) is 2. The van der Waals surface area contributed by atoms with Crippen molar-refractivity contribution in [2.24, 2.45) is 5.92 Å². The largest absolute Gasteiger partial charge is 0.444 e. The van der Waals surface area contributed by atoms with Crippen LogP contribution in [0.1, 0.15) is 69.3 Å². The van der Waals surface area contributed by atoms with Crippen molar-refractivity contribution in [2.75, 3.05) is 11.9 Å². The van der Waals surface area contributed by atoms with Gasteiger partial charge in [0.05, 0.1) is 10.7 Å². The number of amides is 3. The molecule has 8 heteroatoms. The molecule has 2 atom stereocenters. The average molecular weight is 556 g/mol. The van der Waals surface area contributed by atoms with E-state index in [0.29, 0.717) is 22.7 Å². The summed E-state index contributed by atoms with van der Waals surface area (Å²) in [5, 5.41) is 6.10. The van der Waals surface area contributed by atoms with Gasteiger partial charge in [-0.15, -0.1) is 6.58 Å². The summed E-state index contributed by atoms with van der Waals surface area (Å²) in [6.45, 7) is 18.8. The standard InChI is InChI=1S/C31H42ClN3O4/c1-10-16-35(29(37)25(17-19(2)3)33-30(38)39-31(7,8)9)27(23-18-20(4)14-15-21(23)5)28(36)34-26-22(6)12-11-13-24(26)32/h10-15,18-19,25,27H,1,16-17H2,2-9H3,(H,33,38)(H,34,36). The molecule has 0 aliphatic carbocycles. The minimum absolute atomic E-state index is 0.0798. The zero-order chi connectivity index (χ0) is 29.5. The minimum atomic E-state index is -1.01. The molecule has 0 radical (unpaired) electrons. The number of aryl methyl sites for hydroxylation is 3. The number of nitrogens with one attached hydrogen (secondary N) is 2. The molecule has 2 N–H and O–H groups in total. The second-order valence-corrected chi connectivity index (χ2v) is 11.7. The van der Waals surface area contributed by atoms with Crippen LogP contribution in [0.4, 0.5) is 10.5 Å². The third kappa shape index (κ3) is 9.13. The Kier molecular flexibility index (Phi) is 11.2. The number of anilines is 1. The molecule has 39 heavy (non-hydrogen) atoms. The second-order valence-electron chi connectivity index (χ2n) is 11.3. The van der Waals surface area contributed by atoms with Crippen LogP contribution in [0.3, 0.4) is 0 Å². The van der Waals surface area contributed by atoms with Crippen molar-refractivity contribution in [1.82, 2.24) is 10.2 Å². The molecule has 0 aliphatic rings. The number of ether oxygens (including phenoxy) is 1. The van der Waals surface area contributed by atoms with Crippen LogP contribution < -0.4 is 10.6 Å². The van der Waals surface area contributed by atoms with Gasteiger partial charge in [0, 0.05) is 6.54 Å². The lowest BCUT2D eigenvalue weighted by Crippen LogP contribution is -2.53. The maximum absolute atomic E-state index is 14.2. The third-order valence-electron chi connectivity index (χ3n) is 6.06. The molecule has 0 spiro atoms. The number of hydrogen-bond acceptors (Lipinski definition) is 4. The van der Waals surface area contributed by atoms with Crippen LogP contribution in [0.5, 0.6) is 0 Å². The monoisotopic (exact) mass is 555 g/mol. The SMILES string of the molecule is C=CCN(C(=O)C(CC(C)C)NC(=O)OC(C)(C)C)C(C(=O)Nc1c(C)cccc1Cl)c1cc(C)ccc1C. The molecule has 0 aromatic heterocycles. The van der Waals surface area contributed by atoms with Crippen LogP contribution in [-0.2, 0) is 14.3 Å². The molecule has 2 aromatic rings. The summed E-state index contributed by atoms with van der Waals surface area (Å²) in [5.74, 6) is -0.750. The summed E-state index contributed by atoms with van der Waals surface area (Å²) in [4.78, 5) is 42.4. The minimum Gasteiger partial charge on any atom is -0.444 e. The zero-order valence-electron chi connectivity index (χ0n) is 24.4. The average Bonchev–Trinajstić information content (AvgIpc) is 2.81. The fourth-order valence-corrected chi connectivity index (χ4v) is 4.56. The van der Waals surface area contributed by atoms with Gasteiger partial charge in [0.2, 0.25) is 5.91 Å². The van der Waals surface area contributed by atoms with Crippen LogP contribution in [0.25, 0.3) is 0 Å². The number of carbonyl (C=O) groups is 3. The van der Waals surface area contributed by atoms with Gasteiger partial charge in [-0.2, -0.15) is 0 Å². The molecule has 7 nitrogen and oxygen atoms in total. The number of benzene rings is 2. The van der Waals surface area contributed by atoms with Gasteiger partial charge in [0.1, 0.15) is 17.7 Å². The van der Waals surface area contributed by atoms with E-state index in [9.17, 15) is 14.4 Å². The Morgan fingerprint density at radius 2 is 1.74 bits per heavy atom. The Morgan fingerprint density at radius 3 is 2.31 bits per heavy atom. The second kappa shape index (κ2) is 13.7. The number of para-hydroxylation sites is 1. The van der Waals surface area contributed by atoms with Gasteiger partial charge in [-0.25, -0.2) is 4.79 Å². The van der Waals surface area contributed by atoms with Gasteiger partial charge < -0.3 is 20.3 Å². The molecule has 212 valence electrons. The fraction of sp³-hybridized carbons (Fsp3) is 0.452. The van der Waals surface area contributed by atoms with Gasteiger partial charge in [-0.1, -0.05) is 67.4 Å². The van der Waals surface area contributed by atoms with E-state index in [1.807, 2.05) is 65.0 Å². The van der Waals surface area contributed by atoms with Gasteiger partial charge in [-0.3, -0.25) is 9.59 Å². The van der Waals surface area contributed by atoms with E-state index in [1.165, 1.54) is 4.90 Å². The molecule has 0 bridgehead atoms. The summed E-state index contributed by atoms with van der Waals surface area (Å²) in [7, 11) is 0. The van der Waals surface area contributed by atoms with Crippen molar-refractivity contribution in [2.45, 2.75) is 79.5 Å². The summed E-state index contributed by atoms with van der Waals surface area (Å²) in [5.41, 5.74) is 3.01. The van der Waals surface area contributed by atoms with Crippen molar-refractivity contribution < 1.29 is 19.1 Å². The Balaban J connectivity index is 2.61. The van der Waals surface area contributed by atoms with Crippen molar-refractivity contribution in [3.8, 4) is 0 Å². The van der Waals surface area contributed by atoms with E-state index in [0.717, 1.165) is 16.7 Å². The molecule has 3 amide bonds. The summed E-state index contributed by atoms with van der Waals surface area (Å²) in [6.07, 6.45) is 1.24. The summed E-state index contributed by atoms with van der Waals surface area (Å²) < 4.78 is 5.44. The molecule has 0 aliphatic heterocycles. The molecule has 2 aromatic carbocycles. The lowest BCUT2D eigenvalue weighted by molar-refractivity contribution is -0.140. The van der Waals surface area contributed by atoms with E-state index in [-0.39, 0.29) is 12.5 Å². The highest BCUT2D eigenvalue weighted by atomic mass is 35.5. The Bertz CT molecular complexity index is 1180. The fourth-order valence-electron chi connectivity index (χ4n) is 4.29. The number of rotatable bonds is 10. The van der Waals surface area contributed by atoms with Crippen LogP contribution in [0.15, 0.2) is 49.1 Å². The molecule has 0 saturated carbocycles. The predicted molar refractivity (Wildman–Crippen MR) is 158 cm³/mol. The van der Waals surface area contributed by atoms with Gasteiger partial charge >= 0.3 is 6.09 Å². The molecular weight excluding hydrogens is 514 g/mol. The first-order chi connectivity index (χ1) is 18.1. The lowest BCUT2D eigenvalue weighted by atomic mass is 9.95. The van der Waals surface area contributed by atoms with E-state index in [4.69, 9.17) is 16.3 Å². The maximum atomic E-state index is 14.2. The number of alkyl carbamates (subject to hydrolysis) is 1. The van der Waals surface area contributed by atoms with Crippen molar-refractivity contribution in [1.29, 1.82) is 0 Å². The Hall–Kier alpha value is -3.32. The van der Waals surface area contributed by atoms with Crippen LogP contribution in [-0.4, -0.2) is 41.0 Å². The topological polar surface area (TPSA) is 87.7 Å². The summed E-state index contributed by atoms with van der Waals surface area (Å²) >= 11 is 6.43. The lowest BCUT2D eigenvalue weighted by Gasteiger charge is -2.35. The number of carbonyl (C=O) groups excluding carboxylic acids is 3. The first kappa shape index (κ1) is 31.9. The smallest absolute Gasteiger partial charge is 0.408 e. The van der Waals surface area contributed by atoms with Gasteiger partial charge in [0.15, 0.2) is 0 Å². The predicted octanol–water partition coefficient (Wildman–Crippen LogP) is 6.90. The maximum Gasteiger partial charge on any atom is 0.408 e. The number of halogens is 1. The normalized spacial score (nSPS) is 12.9. The zero-order valence-corrected chi connectivity index (χ0v) is 25.1. The van der Waals surface area contributed by atoms with E-state index < -0.39 is 35.6 Å². The molecule has 0 fully saturated rings. The van der Waals surface area contributed by atoms with Crippen LogP contribution in [0.2, 0.25) is 5.02 Å². The molecule has 2 unspecified atom stereocenters. The highest BCUT2D eigenvalue weighted by Gasteiger charge is 2.37. The Morgan fingerprint density at radius 1 is 1.08 bits per heavy atom. The van der Waals surface area contributed by atoms with Crippen molar-refractivity contribution >= 4 is 35.2 Å². The van der Waals surface area contributed by atoms with Gasteiger partial charge in [0.25, 0.3) is 5.91 Å². The first-order valence-corrected chi connectivity index (χ1v) is 13.6. The molecule has 2 rings (SSSR count). The van der Waals surface area contributed by atoms with Crippen molar-refractivity contribution in [3.05, 3.63) is 76.3 Å². The first-order valence-electron chi connectivity index (χ1n) is 13.2. The highest BCUT2D eigenvalue weighted by molar-refractivity contribution is 6.34. The van der Waals surface area contributed by atoms with E-state index >= 15 is 0 Å². The number of nitrogens with zero attached hydrogens (tertiary/aromatic N) is 1.